The van der Waals surface area contributed by atoms with E-state index in [0.29, 0.717) is 17.6 Å². The third-order valence-electron chi connectivity index (χ3n) is 3.71. The molecule has 2 rings (SSSR count). The van der Waals surface area contributed by atoms with E-state index in [1.165, 1.54) is 38.5 Å². The first-order valence-electron chi connectivity index (χ1n) is 5.80. The van der Waals surface area contributed by atoms with E-state index in [4.69, 9.17) is 0 Å². The molecule has 2 aliphatic carbocycles. The standard InChI is InChI=1S/C12H20O/c1-9-4-2-3-5-11(9)12(13)8-10-6-7-10/h9-11H,2-8H2,1H3. The van der Waals surface area contributed by atoms with E-state index in [0.717, 1.165) is 12.3 Å². The molecule has 13 heavy (non-hydrogen) atoms. The lowest BCUT2D eigenvalue weighted by atomic mass is 9.77. The Morgan fingerprint density at radius 3 is 2.46 bits per heavy atom. The summed E-state index contributed by atoms with van der Waals surface area (Å²) in [6.45, 7) is 2.26. The van der Waals surface area contributed by atoms with Crippen molar-refractivity contribution in [3.05, 3.63) is 0 Å². The van der Waals surface area contributed by atoms with Gasteiger partial charge in [-0.1, -0.05) is 26.2 Å². The van der Waals surface area contributed by atoms with E-state index in [-0.39, 0.29) is 0 Å². The second-order valence-electron chi connectivity index (χ2n) is 4.98. The number of rotatable bonds is 3. The van der Waals surface area contributed by atoms with Gasteiger partial charge in [-0.25, -0.2) is 0 Å². The molecule has 0 aliphatic heterocycles. The molecule has 0 heterocycles. The molecule has 0 amide bonds. The Labute approximate surface area is 80.9 Å². The highest BCUT2D eigenvalue weighted by Crippen LogP contribution is 2.37. The molecule has 1 nitrogen and oxygen atoms in total. The first kappa shape index (κ1) is 9.23. The number of Topliss-reactive ketones (excluding diaryl/α,β-unsaturated/α-hetero) is 1. The van der Waals surface area contributed by atoms with E-state index in [2.05, 4.69) is 6.92 Å². The molecule has 0 radical (unpaired) electrons. The predicted octanol–water partition coefficient (Wildman–Crippen LogP) is 3.18. The third-order valence-corrected chi connectivity index (χ3v) is 3.71. The topological polar surface area (TPSA) is 17.1 Å². The Balaban J connectivity index is 1.85. The van der Waals surface area contributed by atoms with Crippen LogP contribution in [0.2, 0.25) is 0 Å². The largest absolute Gasteiger partial charge is 0.299 e. The average molecular weight is 180 g/mol. The van der Waals surface area contributed by atoms with Crippen LogP contribution in [-0.2, 0) is 4.79 Å². The number of hydrogen-bond acceptors (Lipinski definition) is 1. The number of hydrogen-bond donors (Lipinski definition) is 0. The fraction of sp³-hybridized carbons (Fsp3) is 0.917. The van der Waals surface area contributed by atoms with Gasteiger partial charge in [0.15, 0.2) is 0 Å². The van der Waals surface area contributed by atoms with E-state index in [9.17, 15) is 4.79 Å². The minimum atomic E-state index is 0.425. The minimum absolute atomic E-state index is 0.425. The molecule has 2 unspecified atom stereocenters. The molecule has 74 valence electrons. The fourth-order valence-electron chi connectivity index (χ4n) is 2.55. The van der Waals surface area contributed by atoms with E-state index in [1.807, 2.05) is 0 Å². The van der Waals surface area contributed by atoms with Gasteiger partial charge in [0.25, 0.3) is 0 Å². The summed E-state index contributed by atoms with van der Waals surface area (Å²) in [5.74, 6) is 2.45. The van der Waals surface area contributed by atoms with Crippen molar-refractivity contribution < 1.29 is 4.79 Å². The smallest absolute Gasteiger partial charge is 0.136 e. The van der Waals surface area contributed by atoms with Crippen LogP contribution in [0.5, 0.6) is 0 Å². The Bertz CT molecular complexity index is 193. The average Bonchev–Trinajstić information content (AvgIpc) is 2.89. The van der Waals surface area contributed by atoms with Crippen LogP contribution in [0.4, 0.5) is 0 Å². The summed E-state index contributed by atoms with van der Waals surface area (Å²) in [7, 11) is 0. The zero-order valence-electron chi connectivity index (χ0n) is 8.59. The van der Waals surface area contributed by atoms with E-state index in [1.54, 1.807) is 0 Å². The number of carbonyl (C=O) groups excluding carboxylic acids is 1. The van der Waals surface area contributed by atoms with Crippen molar-refractivity contribution in [1.82, 2.24) is 0 Å². The van der Waals surface area contributed by atoms with Crippen LogP contribution in [0.15, 0.2) is 0 Å². The quantitative estimate of drug-likeness (QED) is 0.652. The number of ketones is 1. The van der Waals surface area contributed by atoms with Gasteiger partial charge in [-0.15, -0.1) is 0 Å². The van der Waals surface area contributed by atoms with E-state index >= 15 is 0 Å². The Morgan fingerprint density at radius 2 is 1.85 bits per heavy atom. The van der Waals surface area contributed by atoms with Crippen molar-refractivity contribution >= 4 is 5.78 Å². The lowest BCUT2D eigenvalue weighted by Crippen LogP contribution is -2.25. The van der Waals surface area contributed by atoms with Crippen molar-refractivity contribution in [2.45, 2.75) is 51.9 Å². The van der Waals surface area contributed by atoms with Crippen molar-refractivity contribution in [3.63, 3.8) is 0 Å². The van der Waals surface area contributed by atoms with Crippen LogP contribution in [-0.4, -0.2) is 5.78 Å². The third kappa shape index (κ3) is 2.32. The van der Waals surface area contributed by atoms with Gasteiger partial charge in [-0.2, -0.15) is 0 Å². The summed E-state index contributed by atoms with van der Waals surface area (Å²) in [5, 5.41) is 0. The molecular weight excluding hydrogens is 160 g/mol. The van der Waals surface area contributed by atoms with Crippen molar-refractivity contribution in [2.24, 2.45) is 17.8 Å². The van der Waals surface area contributed by atoms with Gasteiger partial charge in [0, 0.05) is 12.3 Å². The second-order valence-corrected chi connectivity index (χ2v) is 4.98. The lowest BCUT2D eigenvalue weighted by molar-refractivity contribution is -0.125. The zero-order valence-corrected chi connectivity index (χ0v) is 8.59. The first-order chi connectivity index (χ1) is 6.27. The molecule has 0 aromatic carbocycles. The summed E-state index contributed by atoms with van der Waals surface area (Å²) in [6, 6.07) is 0. The van der Waals surface area contributed by atoms with Gasteiger partial charge in [-0.3, -0.25) is 4.79 Å². The summed E-state index contributed by atoms with van der Waals surface area (Å²) in [4.78, 5) is 11.9. The maximum atomic E-state index is 11.9. The molecule has 2 fully saturated rings. The molecular formula is C12H20O. The molecule has 0 aromatic heterocycles. The zero-order chi connectivity index (χ0) is 9.26. The van der Waals surface area contributed by atoms with Crippen molar-refractivity contribution in [1.29, 1.82) is 0 Å². The molecule has 2 atom stereocenters. The van der Waals surface area contributed by atoms with Gasteiger partial charge in [0.1, 0.15) is 5.78 Å². The number of carbonyl (C=O) groups is 1. The second kappa shape index (κ2) is 3.81. The van der Waals surface area contributed by atoms with Gasteiger partial charge in [-0.05, 0) is 31.1 Å². The molecule has 0 saturated heterocycles. The predicted molar refractivity (Wildman–Crippen MR) is 53.5 cm³/mol. The highest BCUT2D eigenvalue weighted by molar-refractivity contribution is 5.81. The molecule has 2 aliphatic rings. The van der Waals surface area contributed by atoms with Crippen molar-refractivity contribution in [3.8, 4) is 0 Å². The van der Waals surface area contributed by atoms with Gasteiger partial charge >= 0.3 is 0 Å². The van der Waals surface area contributed by atoms with E-state index < -0.39 is 0 Å². The highest BCUT2D eigenvalue weighted by Gasteiger charge is 2.32. The summed E-state index contributed by atoms with van der Waals surface area (Å²) in [5.41, 5.74) is 0. The maximum absolute atomic E-state index is 11.9. The SMILES string of the molecule is CC1CCCCC1C(=O)CC1CC1. The van der Waals surface area contributed by atoms with Gasteiger partial charge in [0.05, 0.1) is 0 Å². The summed E-state index contributed by atoms with van der Waals surface area (Å²) < 4.78 is 0. The van der Waals surface area contributed by atoms with Crippen LogP contribution < -0.4 is 0 Å². The molecule has 1 heteroatoms. The summed E-state index contributed by atoms with van der Waals surface area (Å²) >= 11 is 0. The highest BCUT2D eigenvalue weighted by atomic mass is 16.1. The monoisotopic (exact) mass is 180 g/mol. The van der Waals surface area contributed by atoms with Crippen LogP contribution in [0, 0.1) is 17.8 Å². The Morgan fingerprint density at radius 1 is 1.15 bits per heavy atom. The normalized spacial score (nSPS) is 34.5. The van der Waals surface area contributed by atoms with Gasteiger partial charge < -0.3 is 0 Å². The van der Waals surface area contributed by atoms with Crippen molar-refractivity contribution in [2.75, 3.05) is 0 Å². The lowest BCUT2D eigenvalue weighted by Gasteiger charge is -2.27. The van der Waals surface area contributed by atoms with Crippen LogP contribution in [0.25, 0.3) is 0 Å². The fourth-order valence-corrected chi connectivity index (χ4v) is 2.55. The van der Waals surface area contributed by atoms with Crippen LogP contribution in [0.1, 0.15) is 51.9 Å². The molecule has 0 bridgehead atoms. The van der Waals surface area contributed by atoms with Crippen LogP contribution >= 0.6 is 0 Å². The Hall–Kier alpha value is -0.330. The molecule has 2 saturated carbocycles. The van der Waals surface area contributed by atoms with Gasteiger partial charge in [0.2, 0.25) is 0 Å². The maximum Gasteiger partial charge on any atom is 0.136 e. The summed E-state index contributed by atoms with van der Waals surface area (Å²) in [6.07, 6.45) is 8.60. The molecule has 0 aromatic rings. The minimum Gasteiger partial charge on any atom is -0.299 e. The van der Waals surface area contributed by atoms with Crippen LogP contribution in [0.3, 0.4) is 0 Å². The first-order valence-corrected chi connectivity index (χ1v) is 5.80. The molecule has 0 spiro atoms. The Kier molecular flexibility index (Phi) is 2.71. The molecule has 0 N–H and O–H groups in total.